The van der Waals surface area contributed by atoms with Crippen molar-refractivity contribution in [1.29, 1.82) is 0 Å². The number of halogens is 1. The molecule has 0 unspecified atom stereocenters. The van der Waals surface area contributed by atoms with Crippen molar-refractivity contribution in [2.45, 2.75) is 31.6 Å². The highest BCUT2D eigenvalue weighted by Crippen LogP contribution is 2.24. The van der Waals surface area contributed by atoms with Crippen molar-refractivity contribution in [1.82, 2.24) is 4.31 Å². The molecule has 0 radical (unpaired) electrons. The molecule has 20 heavy (non-hydrogen) atoms. The molecule has 0 spiro atoms. The van der Waals surface area contributed by atoms with Crippen LogP contribution in [-0.2, 0) is 20.6 Å². The fourth-order valence-electron chi connectivity index (χ4n) is 2.34. The van der Waals surface area contributed by atoms with Gasteiger partial charge in [-0.1, -0.05) is 12.1 Å². The summed E-state index contributed by atoms with van der Waals surface area (Å²) in [6.07, 6.45) is 0.843. The molecule has 1 N–H and O–H groups in total. The van der Waals surface area contributed by atoms with Gasteiger partial charge in [0.1, 0.15) is 11.9 Å². The van der Waals surface area contributed by atoms with Gasteiger partial charge in [-0.25, -0.2) is 12.8 Å². The number of aliphatic carboxylic acids is 1. The highest BCUT2D eigenvalue weighted by atomic mass is 32.2. The van der Waals surface area contributed by atoms with Crippen LogP contribution in [0, 0.1) is 12.7 Å². The normalized spacial score (nSPS) is 20.2. The third-order valence-corrected chi connectivity index (χ3v) is 5.28. The second kappa shape index (κ2) is 5.49. The number of hydrogen-bond donors (Lipinski definition) is 1. The molecule has 0 saturated carbocycles. The van der Waals surface area contributed by atoms with Crippen LogP contribution in [0.5, 0.6) is 0 Å². The number of carbonyl (C=O) groups is 1. The molecule has 0 amide bonds. The molecule has 0 aliphatic carbocycles. The van der Waals surface area contributed by atoms with Crippen LogP contribution < -0.4 is 0 Å². The lowest BCUT2D eigenvalue weighted by atomic mass is 10.2. The topological polar surface area (TPSA) is 74.7 Å². The first-order valence-corrected chi connectivity index (χ1v) is 7.89. The predicted octanol–water partition coefficient (Wildman–Crippen LogP) is 1.51. The Labute approximate surface area is 117 Å². The van der Waals surface area contributed by atoms with Crippen LogP contribution in [0.1, 0.15) is 24.0 Å². The Hall–Kier alpha value is -1.47. The number of hydrogen-bond acceptors (Lipinski definition) is 3. The van der Waals surface area contributed by atoms with Gasteiger partial charge in [-0.05, 0) is 37.0 Å². The second-order valence-electron chi connectivity index (χ2n) is 4.95. The third-order valence-electron chi connectivity index (χ3n) is 3.43. The Kier molecular flexibility index (Phi) is 4.10. The van der Waals surface area contributed by atoms with E-state index in [0.717, 1.165) is 4.31 Å². The summed E-state index contributed by atoms with van der Waals surface area (Å²) in [6.45, 7) is 1.79. The number of aryl methyl sites for hydroxylation is 1. The number of nitrogens with zero attached hydrogens (tertiary/aromatic N) is 1. The van der Waals surface area contributed by atoms with E-state index in [1.54, 1.807) is 13.0 Å². The maximum Gasteiger partial charge on any atom is 0.322 e. The van der Waals surface area contributed by atoms with Crippen LogP contribution in [0.15, 0.2) is 18.2 Å². The van der Waals surface area contributed by atoms with Crippen molar-refractivity contribution >= 4 is 16.0 Å². The fraction of sp³-hybridized carbons (Fsp3) is 0.462. The average Bonchev–Trinajstić information content (AvgIpc) is 2.83. The molecule has 1 aliphatic rings. The van der Waals surface area contributed by atoms with Gasteiger partial charge in [-0.3, -0.25) is 4.79 Å². The van der Waals surface area contributed by atoms with Gasteiger partial charge in [0.05, 0.1) is 5.75 Å². The minimum absolute atomic E-state index is 0.202. The molecule has 0 aromatic heterocycles. The summed E-state index contributed by atoms with van der Waals surface area (Å²) >= 11 is 0. The first-order valence-electron chi connectivity index (χ1n) is 6.28. The molecule has 5 nitrogen and oxygen atoms in total. The molecule has 1 aliphatic heterocycles. The van der Waals surface area contributed by atoms with Crippen LogP contribution in [0.2, 0.25) is 0 Å². The zero-order valence-corrected chi connectivity index (χ0v) is 11.9. The molecule has 1 fully saturated rings. The molecule has 0 bridgehead atoms. The summed E-state index contributed by atoms with van der Waals surface area (Å²) in [5.74, 6) is -1.98. The van der Waals surface area contributed by atoms with E-state index < -0.39 is 27.9 Å². The molecule has 1 atom stereocenters. The Morgan fingerprint density at radius 1 is 1.50 bits per heavy atom. The van der Waals surface area contributed by atoms with E-state index >= 15 is 0 Å². The van der Waals surface area contributed by atoms with Crippen molar-refractivity contribution in [3.8, 4) is 0 Å². The quantitative estimate of drug-likeness (QED) is 0.915. The summed E-state index contributed by atoms with van der Waals surface area (Å²) in [6, 6.07) is 3.23. The van der Waals surface area contributed by atoms with Crippen LogP contribution in [0.4, 0.5) is 4.39 Å². The standard InChI is InChI=1S/C13H16FNO4S/c1-9-4-5-10(7-11(9)14)8-20(18,19)15-6-2-3-12(15)13(16)17/h4-5,7,12H,2-3,6,8H2,1H3,(H,16,17)/t12-/m0/s1. The third kappa shape index (κ3) is 2.99. The molecule has 110 valence electrons. The van der Waals surface area contributed by atoms with Crippen LogP contribution >= 0.6 is 0 Å². The minimum Gasteiger partial charge on any atom is -0.480 e. The van der Waals surface area contributed by atoms with E-state index in [1.165, 1.54) is 12.1 Å². The van der Waals surface area contributed by atoms with Gasteiger partial charge in [0.2, 0.25) is 10.0 Å². The van der Waals surface area contributed by atoms with E-state index in [-0.39, 0.29) is 12.3 Å². The van der Waals surface area contributed by atoms with Crippen LogP contribution in [0.25, 0.3) is 0 Å². The van der Waals surface area contributed by atoms with E-state index in [2.05, 4.69) is 0 Å². The number of carboxylic acid groups (broad SMARTS) is 1. The van der Waals surface area contributed by atoms with Gasteiger partial charge < -0.3 is 5.11 Å². The predicted molar refractivity (Wildman–Crippen MR) is 71.1 cm³/mol. The summed E-state index contributed by atoms with van der Waals surface area (Å²) in [5.41, 5.74) is 0.764. The number of rotatable bonds is 4. The molecule has 2 rings (SSSR count). The van der Waals surface area contributed by atoms with Crippen molar-refractivity contribution < 1.29 is 22.7 Å². The number of carboxylic acids is 1. The minimum atomic E-state index is -3.75. The SMILES string of the molecule is Cc1ccc(CS(=O)(=O)N2CCC[C@H]2C(=O)O)cc1F. The summed E-state index contributed by atoms with van der Waals surface area (Å²) in [5, 5.41) is 9.03. The van der Waals surface area contributed by atoms with Gasteiger partial charge in [0, 0.05) is 6.54 Å². The number of benzene rings is 1. The van der Waals surface area contributed by atoms with Crippen LogP contribution in [0.3, 0.4) is 0 Å². The summed E-state index contributed by atoms with van der Waals surface area (Å²) in [7, 11) is -3.75. The molecular weight excluding hydrogens is 285 g/mol. The van der Waals surface area contributed by atoms with Crippen molar-refractivity contribution in [3.63, 3.8) is 0 Å². The lowest BCUT2D eigenvalue weighted by Crippen LogP contribution is -2.40. The van der Waals surface area contributed by atoms with E-state index in [0.29, 0.717) is 24.0 Å². The van der Waals surface area contributed by atoms with Crippen molar-refractivity contribution in [2.75, 3.05) is 6.54 Å². The highest BCUT2D eigenvalue weighted by molar-refractivity contribution is 7.88. The average molecular weight is 301 g/mol. The Bertz CT molecular complexity index is 629. The molecule has 1 saturated heterocycles. The van der Waals surface area contributed by atoms with Gasteiger partial charge in [0.15, 0.2) is 0 Å². The van der Waals surface area contributed by atoms with Gasteiger partial charge in [-0.2, -0.15) is 4.31 Å². The molecular formula is C13H16FNO4S. The number of sulfonamides is 1. The molecule has 1 heterocycles. The van der Waals surface area contributed by atoms with Crippen molar-refractivity contribution in [2.24, 2.45) is 0 Å². The first kappa shape index (κ1) is 14.9. The second-order valence-corrected chi connectivity index (χ2v) is 6.87. The maximum atomic E-state index is 13.4. The Morgan fingerprint density at radius 3 is 2.80 bits per heavy atom. The summed E-state index contributed by atoms with van der Waals surface area (Å²) in [4.78, 5) is 11.0. The smallest absolute Gasteiger partial charge is 0.322 e. The fourth-order valence-corrected chi connectivity index (χ4v) is 4.10. The zero-order valence-electron chi connectivity index (χ0n) is 11.0. The van der Waals surface area contributed by atoms with Crippen molar-refractivity contribution in [3.05, 3.63) is 35.1 Å². The lowest BCUT2D eigenvalue weighted by molar-refractivity contribution is -0.140. The largest absolute Gasteiger partial charge is 0.480 e. The Balaban J connectivity index is 2.22. The highest BCUT2D eigenvalue weighted by Gasteiger charge is 2.38. The molecule has 1 aromatic rings. The summed E-state index contributed by atoms with van der Waals surface area (Å²) < 4.78 is 38.9. The van der Waals surface area contributed by atoms with E-state index in [1.807, 2.05) is 0 Å². The lowest BCUT2D eigenvalue weighted by Gasteiger charge is -2.21. The first-order chi connectivity index (χ1) is 9.31. The van der Waals surface area contributed by atoms with E-state index in [9.17, 15) is 17.6 Å². The molecule has 7 heteroatoms. The maximum absolute atomic E-state index is 13.4. The van der Waals surface area contributed by atoms with Gasteiger partial charge in [0.25, 0.3) is 0 Å². The van der Waals surface area contributed by atoms with Gasteiger partial charge >= 0.3 is 5.97 Å². The van der Waals surface area contributed by atoms with E-state index in [4.69, 9.17) is 5.11 Å². The monoisotopic (exact) mass is 301 g/mol. The van der Waals surface area contributed by atoms with Crippen LogP contribution in [-0.4, -0.2) is 36.4 Å². The van der Waals surface area contributed by atoms with Gasteiger partial charge in [-0.15, -0.1) is 0 Å². The molecule has 1 aromatic carbocycles. The Morgan fingerprint density at radius 2 is 2.20 bits per heavy atom. The zero-order chi connectivity index (χ0) is 14.9.